The smallest absolute Gasteiger partial charge is 0.364 e. The number of rotatable bonds is 56. The summed E-state index contributed by atoms with van der Waals surface area (Å²) in [6.45, 7) is -0.676. The van der Waals surface area contributed by atoms with Gasteiger partial charge in [0.25, 0.3) is 11.6 Å². The fraction of sp³-hybridized carbons (Fsp3) is 0.901. The molecule has 0 aromatic rings. The number of carboxylic acids is 2. The van der Waals surface area contributed by atoms with Crippen LogP contribution >= 0.6 is 0 Å². The molecule has 123 heavy (non-hydrogen) atoms. The Kier molecular flexibility index (Phi) is 46.8. The summed E-state index contributed by atoms with van der Waals surface area (Å²) in [6.07, 6.45) is -37.7. The zero-order chi connectivity index (χ0) is 91.0. The number of hydrogen-bond donors (Lipinski definition) is 24. The fourth-order valence-corrected chi connectivity index (χ4v) is 16.4. The van der Waals surface area contributed by atoms with Gasteiger partial charge in [-0.2, -0.15) is 0 Å². The lowest BCUT2D eigenvalue weighted by atomic mass is 9.86. The summed E-state index contributed by atoms with van der Waals surface area (Å²) in [5.41, 5.74) is 0. The molecular formula is C81H141N3O39. The van der Waals surface area contributed by atoms with Crippen molar-refractivity contribution in [2.75, 3.05) is 46.2 Å². The van der Waals surface area contributed by atoms with Crippen LogP contribution in [-0.2, 0) is 85.6 Å². The summed E-state index contributed by atoms with van der Waals surface area (Å²) >= 11 is 0. The molecule has 714 valence electrons. The number of aliphatic hydroxyl groups is 19. The Hall–Kier alpha value is -4.48. The van der Waals surface area contributed by atoms with Crippen LogP contribution in [0, 0.1) is 5.92 Å². The third-order valence-corrected chi connectivity index (χ3v) is 23.4. The molecule has 0 spiro atoms. The van der Waals surface area contributed by atoms with Gasteiger partial charge in [0.05, 0.1) is 88.8 Å². The second-order valence-electron chi connectivity index (χ2n) is 33.2. The Morgan fingerprint density at radius 2 is 0.837 bits per heavy atom. The summed E-state index contributed by atoms with van der Waals surface area (Å²) in [6, 6.07) is -4.77. The van der Waals surface area contributed by atoms with E-state index in [1.54, 1.807) is 6.08 Å². The minimum absolute atomic E-state index is 0.0967. The molecule has 6 saturated heterocycles. The molecule has 0 aromatic carbocycles. The van der Waals surface area contributed by atoms with E-state index in [4.69, 9.17) is 56.8 Å². The fourth-order valence-electron chi connectivity index (χ4n) is 16.4. The minimum atomic E-state index is -3.48. The van der Waals surface area contributed by atoms with Gasteiger partial charge in [0.1, 0.15) is 128 Å². The highest BCUT2D eigenvalue weighted by Gasteiger charge is 2.64. The molecule has 6 fully saturated rings. The van der Waals surface area contributed by atoms with Crippen LogP contribution in [0.5, 0.6) is 0 Å². The molecule has 34 unspecified atom stereocenters. The quantitative estimate of drug-likeness (QED) is 0.0202. The maximum absolute atomic E-state index is 14.0. The van der Waals surface area contributed by atoms with Crippen LogP contribution in [0.1, 0.15) is 208 Å². The minimum Gasteiger partial charge on any atom is -0.477 e. The van der Waals surface area contributed by atoms with E-state index >= 15 is 0 Å². The molecule has 0 aliphatic carbocycles. The number of carbonyl (C=O) groups excluding carboxylic acids is 4. The first-order valence-corrected chi connectivity index (χ1v) is 43.4. The Labute approximate surface area is 715 Å². The zero-order valence-corrected chi connectivity index (χ0v) is 70.9. The zero-order valence-electron chi connectivity index (χ0n) is 70.9. The highest BCUT2D eigenvalue weighted by Crippen LogP contribution is 2.44. The van der Waals surface area contributed by atoms with Crippen molar-refractivity contribution < 1.29 is 193 Å². The lowest BCUT2D eigenvalue weighted by Gasteiger charge is -2.53. The van der Waals surface area contributed by atoms with Gasteiger partial charge in [-0.15, -0.1) is 0 Å². The van der Waals surface area contributed by atoms with E-state index < -0.39 is 308 Å². The van der Waals surface area contributed by atoms with E-state index in [9.17, 15) is 136 Å². The number of unbranched alkanes of at least 4 members (excludes halogenated alkanes) is 21. The van der Waals surface area contributed by atoms with Gasteiger partial charge in [0, 0.05) is 45.4 Å². The van der Waals surface area contributed by atoms with Crippen molar-refractivity contribution in [3.8, 4) is 0 Å². The number of aliphatic carboxylic acids is 2. The standard InChI is InChI=1S/C81H141N3O39/c1-6-8-10-12-14-16-18-19-21-22-24-26-28-30-47(94)46(84-56(99)31-29-27-25-23-20-17-15-13-11-9-7-2)41-112-75-64(105)63(104)68(54(39-89)115-75)118-77-66(107)73(123-81(79(110)111)34-49(96)58(83-44(5)93)71(121-81)60(101)51(98)36-86)69(55(40-90)116-77)119-74-45(32-42(3)91)67(61(102)52(37-87)113-74)117-76-65(106)72(62(103)53(38-88)114-76)122-80(78(108)109)33-48(95)57(82-43(4)92)70(120-80)59(100)50(97)35-85/h28,30,45-55,57-77,85-90,94-98,100-107H,6-27,29,31-41H2,1-5H3,(H,82,92)(H,83,93)(H,84,99)(H,108,109)(H,110,111). The van der Waals surface area contributed by atoms with Crippen molar-refractivity contribution >= 4 is 35.4 Å². The second-order valence-corrected chi connectivity index (χ2v) is 33.2. The van der Waals surface area contributed by atoms with E-state index in [0.29, 0.717) is 12.8 Å². The molecule has 3 amide bonds. The molecule has 6 heterocycles. The van der Waals surface area contributed by atoms with Crippen LogP contribution < -0.4 is 16.0 Å². The average molecular weight is 1780 g/mol. The molecule has 0 bridgehead atoms. The van der Waals surface area contributed by atoms with Gasteiger partial charge < -0.3 is 185 Å². The van der Waals surface area contributed by atoms with Crippen molar-refractivity contribution in [3.63, 3.8) is 0 Å². The van der Waals surface area contributed by atoms with Crippen LogP contribution in [0.25, 0.3) is 0 Å². The lowest BCUT2D eigenvalue weighted by Crippen LogP contribution is -2.71. The summed E-state index contributed by atoms with van der Waals surface area (Å²) in [7, 11) is 0. The number of aliphatic hydroxyl groups excluding tert-OH is 19. The molecule has 6 rings (SSSR count). The van der Waals surface area contributed by atoms with E-state index in [2.05, 4.69) is 29.8 Å². The number of amides is 3. The number of ketones is 1. The molecule has 6 aliphatic heterocycles. The van der Waals surface area contributed by atoms with Gasteiger partial charge in [-0.1, -0.05) is 154 Å². The summed E-state index contributed by atoms with van der Waals surface area (Å²) in [5.74, 6) is -16.1. The normalized spacial score (nSPS) is 35.9. The van der Waals surface area contributed by atoms with Gasteiger partial charge >= 0.3 is 11.9 Å². The Balaban J connectivity index is 1.32. The predicted molar refractivity (Wildman–Crippen MR) is 423 cm³/mol. The first kappa shape index (κ1) is 107. The van der Waals surface area contributed by atoms with Gasteiger partial charge in [0.2, 0.25) is 17.7 Å². The number of carbonyl (C=O) groups is 6. The van der Waals surface area contributed by atoms with Gasteiger partial charge in [0.15, 0.2) is 25.2 Å². The molecule has 42 nitrogen and oxygen atoms in total. The van der Waals surface area contributed by atoms with Gasteiger partial charge in [-0.25, -0.2) is 9.59 Å². The van der Waals surface area contributed by atoms with Crippen molar-refractivity contribution in [1.29, 1.82) is 0 Å². The second kappa shape index (κ2) is 53.6. The predicted octanol–water partition coefficient (Wildman–Crippen LogP) is -4.34. The Bertz CT molecular complexity index is 3120. The topological polar surface area (TPSA) is 674 Å². The van der Waals surface area contributed by atoms with E-state index in [1.807, 2.05) is 0 Å². The van der Waals surface area contributed by atoms with E-state index in [1.165, 1.54) is 70.3 Å². The maximum atomic E-state index is 14.0. The first-order valence-electron chi connectivity index (χ1n) is 43.4. The summed E-state index contributed by atoms with van der Waals surface area (Å²) in [4.78, 5) is 79.6. The van der Waals surface area contributed by atoms with Crippen LogP contribution in [0.3, 0.4) is 0 Å². The van der Waals surface area contributed by atoms with Gasteiger partial charge in [-0.3, -0.25) is 14.4 Å². The van der Waals surface area contributed by atoms with Crippen molar-refractivity contribution in [1.82, 2.24) is 16.0 Å². The third kappa shape index (κ3) is 30.6. The first-order chi connectivity index (χ1) is 58.6. The SMILES string of the molecule is CCCCCCCCCCCCCC=CC(O)C(COC1OC(CO)C(OC2OC(CO)C(OC3OC(CO)C(O)C(OC4OC(CO)C(O)C(OC5(C(=O)O)CC(O)C(NC(C)=O)C(C(O)C(O)CO)O5)C4O)C3CC(C)=O)C(OC3(C(=O)O)CC(O)C(NC(C)=O)C(C(O)C(O)CO)O3)C2O)C(O)C1O)NC(=O)CCCCCCCCCCCCC. The number of nitrogens with one attached hydrogen (secondary N) is 3. The van der Waals surface area contributed by atoms with Crippen molar-refractivity contribution in [3.05, 3.63) is 12.2 Å². The number of carboxylic acid groups (broad SMARTS) is 2. The third-order valence-electron chi connectivity index (χ3n) is 23.4. The number of Topliss-reactive ketones (excluding diaryl/α,β-unsaturated/α-hetero) is 1. The molecule has 42 heteroatoms. The number of allylic oxidation sites excluding steroid dienone is 1. The van der Waals surface area contributed by atoms with Crippen LogP contribution in [0.4, 0.5) is 0 Å². The highest BCUT2D eigenvalue weighted by molar-refractivity contribution is 5.78. The van der Waals surface area contributed by atoms with Gasteiger partial charge in [-0.05, 0) is 26.2 Å². The molecule has 0 saturated carbocycles. The molecule has 34 atom stereocenters. The number of ether oxygens (including phenoxy) is 12. The lowest BCUT2D eigenvalue weighted by molar-refractivity contribution is -0.408. The maximum Gasteiger partial charge on any atom is 0.364 e. The molecule has 24 N–H and O–H groups in total. The molecule has 6 aliphatic rings. The van der Waals surface area contributed by atoms with Crippen molar-refractivity contribution in [2.24, 2.45) is 5.92 Å². The monoisotopic (exact) mass is 1780 g/mol. The van der Waals surface area contributed by atoms with Crippen LogP contribution in [-0.4, -0.2) is 390 Å². The van der Waals surface area contributed by atoms with Crippen LogP contribution in [0.2, 0.25) is 0 Å². The molecule has 0 aromatic heterocycles. The van der Waals surface area contributed by atoms with Crippen molar-refractivity contribution in [2.45, 2.75) is 409 Å². The Morgan fingerprint density at radius 1 is 0.447 bits per heavy atom. The van der Waals surface area contributed by atoms with E-state index in [0.717, 1.165) is 91.4 Å². The number of hydrogen-bond acceptors (Lipinski definition) is 37. The summed E-state index contributed by atoms with van der Waals surface area (Å²) < 4.78 is 72.6. The Morgan fingerprint density at radius 3 is 1.28 bits per heavy atom. The van der Waals surface area contributed by atoms with Crippen LogP contribution in [0.15, 0.2) is 12.2 Å². The largest absolute Gasteiger partial charge is 0.477 e. The average Bonchev–Trinajstić information content (AvgIpc) is 0.746. The molecule has 0 radical (unpaired) electrons. The van der Waals surface area contributed by atoms with E-state index in [-0.39, 0.29) is 6.42 Å². The molecular weight excluding hydrogens is 1640 g/mol. The summed E-state index contributed by atoms with van der Waals surface area (Å²) in [5, 5.41) is 245. The highest BCUT2D eigenvalue weighted by atomic mass is 16.8.